The second kappa shape index (κ2) is 5.06. The van der Waals surface area contributed by atoms with Gasteiger partial charge in [-0.2, -0.15) is 5.26 Å². The van der Waals surface area contributed by atoms with E-state index in [0.717, 1.165) is 25.2 Å². The summed E-state index contributed by atoms with van der Waals surface area (Å²) in [5, 5.41) is 15.2. The highest BCUT2D eigenvalue weighted by atomic mass is 19.1. The Morgan fingerprint density at radius 3 is 3.00 bits per heavy atom. The van der Waals surface area contributed by atoms with Crippen molar-refractivity contribution in [1.29, 1.82) is 5.26 Å². The number of nitrogens with zero attached hydrogens (tertiary/aromatic N) is 1. The molecule has 1 unspecified atom stereocenters. The zero-order valence-corrected chi connectivity index (χ0v) is 8.96. The molecular weight excluding hydrogens is 205 g/mol. The van der Waals surface area contributed by atoms with Crippen molar-refractivity contribution in [1.82, 2.24) is 10.6 Å². The minimum absolute atomic E-state index is 0.125. The maximum absolute atomic E-state index is 13.3. The van der Waals surface area contributed by atoms with Crippen molar-refractivity contribution in [3.8, 4) is 6.07 Å². The molecule has 1 heterocycles. The molecule has 0 aromatic heterocycles. The normalized spacial score (nSPS) is 20.4. The van der Waals surface area contributed by atoms with Crippen LogP contribution >= 0.6 is 0 Å². The van der Waals surface area contributed by atoms with Crippen LogP contribution in [0.4, 0.5) is 4.39 Å². The summed E-state index contributed by atoms with van der Waals surface area (Å²) in [5.74, 6) is -0.297. The van der Waals surface area contributed by atoms with Gasteiger partial charge in [0.15, 0.2) is 0 Å². The summed E-state index contributed by atoms with van der Waals surface area (Å²) in [6.07, 6.45) is 0.125. The van der Waals surface area contributed by atoms with E-state index in [0.29, 0.717) is 5.56 Å². The van der Waals surface area contributed by atoms with Gasteiger partial charge >= 0.3 is 0 Å². The first kappa shape index (κ1) is 11.1. The number of nitrogens with one attached hydrogen (secondary N) is 2. The second-order valence-electron chi connectivity index (χ2n) is 3.90. The van der Waals surface area contributed by atoms with Crippen molar-refractivity contribution >= 4 is 0 Å². The first-order valence-electron chi connectivity index (χ1n) is 5.40. The van der Waals surface area contributed by atoms with E-state index >= 15 is 0 Å². The van der Waals surface area contributed by atoms with Crippen LogP contribution in [0.3, 0.4) is 0 Å². The van der Waals surface area contributed by atoms with E-state index in [2.05, 4.69) is 10.6 Å². The van der Waals surface area contributed by atoms with Crippen LogP contribution in [0.25, 0.3) is 0 Å². The molecule has 2 N–H and O–H groups in total. The summed E-state index contributed by atoms with van der Waals surface area (Å²) in [4.78, 5) is 0. The van der Waals surface area contributed by atoms with Crippen molar-refractivity contribution < 1.29 is 4.39 Å². The van der Waals surface area contributed by atoms with Crippen molar-refractivity contribution in [2.24, 2.45) is 0 Å². The molecule has 1 atom stereocenters. The highest BCUT2D eigenvalue weighted by Gasteiger charge is 2.15. The van der Waals surface area contributed by atoms with Crippen LogP contribution < -0.4 is 10.6 Å². The Morgan fingerprint density at radius 2 is 2.31 bits per heavy atom. The van der Waals surface area contributed by atoms with Gasteiger partial charge in [0.1, 0.15) is 5.82 Å². The molecule has 1 aromatic rings. The topological polar surface area (TPSA) is 47.9 Å². The SMILES string of the molecule is N#CCc1cc(C2CNCCN2)ccc1F. The van der Waals surface area contributed by atoms with E-state index in [1.807, 2.05) is 6.07 Å². The van der Waals surface area contributed by atoms with Gasteiger partial charge in [0.2, 0.25) is 0 Å². The maximum Gasteiger partial charge on any atom is 0.127 e. The zero-order valence-electron chi connectivity index (χ0n) is 8.96. The fourth-order valence-corrected chi connectivity index (χ4v) is 1.92. The number of rotatable bonds is 2. The Labute approximate surface area is 94.3 Å². The number of nitriles is 1. The average Bonchev–Trinajstić information content (AvgIpc) is 2.33. The summed E-state index contributed by atoms with van der Waals surface area (Å²) < 4.78 is 13.3. The molecular formula is C12H14FN3. The van der Waals surface area contributed by atoms with E-state index in [-0.39, 0.29) is 18.3 Å². The molecule has 1 aliphatic rings. The molecule has 16 heavy (non-hydrogen) atoms. The van der Waals surface area contributed by atoms with Gasteiger partial charge < -0.3 is 10.6 Å². The standard InChI is InChI=1S/C12H14FN3/c13-11-2-1-10(7-9(11)3-4-14)12-8-15-5-6-16-12/h1-2,7,12,15-16H,3,5-6,8H2. The minimum atomic E-state index is -0.297. The van der Waals surface area contributed by atoms with Gasteiger partial charge in [-0.1, -0.05) is 12.1 Å². The zero-order chi connectivity index (χ0) is 11.4. The van der Waals surface area contributed by atoms with Crippen LogP contribution in [0.1, 0.15) is 17.2 Å². The fourth-order valence-electron chi connectivity index (χ4n) is 1.92. The molecule has 0 radical (unpaired) electrons. The van der Waals surface area contributed by atoms with Gasteiger partial charge in [-0.15, -0.1) is 0 Å². The Bertz CT molecular complexity index is 405. The lowest BCUT2D eigenvalue weighted by Gasteiger charge is -2.25. The molecule has 1 aromatic carbocycles. The predicted molar refractivity (Wildman–Crippen MR) is 59.3 cm³/mol. The molecule has 0 aliphatic carbocycles. The molecule has 0 spiro atoms. The Hall–Kier alpha value is -1.44. The van der Waals surface area contributed by atoms with Crippen LogP contribution in [0.15, 0.2) is 18.2 Å². The third kappa shape index (κ3) is 2.38. The molecule has 84 valence electrons. The molecule has 0 amide bonds. The minimum Gasteiger partial charge on any atom is -0.314 e. The molecule has 2 rings (SSSR count). The molecule has 1 saturated heterocycles. The molecule has 4 heteroatoms. The van der Waals surface area contributed by atoms with Gasteiger partial charge in [0, 0.05) is 31.2 Å². The van der Waals surface area contributed by atoms with Crippen LogP contribution in [0, 0.1) is 17.1 Å². The molecule has 1 fully saturated rings. The van der Waals surface area contributed by atoms with Crippen LogP contribution in [-0.2, 0) is 6.42 Å². The van der Waals surface area contributed by atoms with E-state index < -0.39 is 0 Å². The van der Waals surface area contributed by atoms with E-state index in [9.17, 15) is 4.39 Å². The molecule has 0 bridgehead atoms. The van der Waals surface area contributed by atoms with E-state index in [1.165, 1.54) is 6.07 Å². The lowest BCUT2D eigenvalue weighted by molar-refractivity contribution is 0.429. The highest BCUT2D eigenvalue weighted by Crippen LogP contribution is 2.18. The van der Waals surface area contributed by atoms with E-state index in [1.54, 1.807) is 12.1 Å². The van der Waals surface area contributed by atoms with Crippen molar-refractivity contribution in [2.45, 2.75) is 12.5 Å². The lowest BCUT2D eigenvalue weighted by Crippen LogP contribution is -2.42. The fraction of sp³-hybridized carbons (Fsp3) is 0.417. The second-order valence-corrected chi connectivity index (χ2v) is 3.90. The largest absolute Gasteiger partial charge is 0.314 e. The average molecular weight is 219 g/mol. The Kier molecular flexibility index (Phi) is 3.50. The van der Waals surface area contributed by atoms with Gasteiger partial charge in [-0.3, -0.25) is 0 Å². The van der Waals surface area contributed by atoms with Gasteiger partial charge in [0.25, 0.3) is 0 Å². The first-order chi connectivity index (χ1) is 7.81. The number of benzene rings is 1. The number of halogens is 1. The predicted octanol–water partition coefficient (Wildman–Crippen LogP) is 1.13. The monoisotopic (exact) mass is 219 g/mol. The van der Waals surface area contributed by atoms with Crippen LogP contribution in [-0.4, -0.2) is 19.6 Å². The lowest BCUT2D eigenvalue weighted by atomic mass is 10.0. The van der Waals surface area contributed by atoms with Crippen molar-refractivity contribution in [3.63, 3.8) is 0 Å². The summed E-state index contributed by atoms with van der Waals surface area (Å²) in [5.41, 5.74) is 1.52. The van der Waals surface area contributed by atoms with Crippen molar-refractivity contribution in [2.75, 3.05) is 19.6 Å². The Balaban J connectivity index is 2.21. The van der Waals surface area contributed by atoms with Crippen LogP contribution in [0.5, 0.6) is 0 Å². The maximum atomic E-state index is 13.3. The van der Waals surface area contributed by atoms with Gasteiger partial charge in [0.05, 0.1) is 12.5 Å². The first-order valence-corrected chi connectivity index (χ1v) is 5.40. The van der Waals surface area contributed by atoms with Crippen molar-refractivity contribution in [3.05, 3.63) is 35.1 Å². The number of hydrogen-bond acceptors (Lipinski definition) is 3. The molecule has 1 aliphatic heterocycles. The third-order valence-electron chi connectivity index (χ3n) is 2.78. The smallest absolute Gasteiger partial charge is 0.127 e. The summed E-state index contributed by atoms with van der Waals surface area (Å²) in [7, 11) is 0. The Morgan fingerprint density at radius 1 is 1.44 bits per heavy atom. The molecule has 3 nitrogen and oxygen atoms in total. The number of piperazine rings is 1. The summed E-state index contributed by atoms with van der Waals surface area (Å²) >= 11 is 0. The van der Waals surface area contributed by atoms with E-state index in [4.69, 9.17) is 5.26 Å². The quantitative estimate of drug-likeness (QED) is 0.783. The van der Waals surface area contributed by atoms with Gasteiger partial charge in [-0.05, 0) is 11.6 Å². The van der Waals surface area contributed by atoms with Gasteiger partial charge in [-0.25, -0.2) is 4.39 Å². The summed E-state index contributed by atoms with van der Waals surface area (Å²) in [6, 6.07) is 7.20. The third-order valence-corrected chi connectivity index (χ3v) is 2.78. The highest BCUT2D eigenvalue weighted by molar-refractivity contribution is 5.29. The number of hydrogen-bond donors (Lipinski definition) is 2. The van der Waals surface area contributed by atoms with Crippen LogP contribution in [0.2, 0.25) is 0 Å². The summed E-state index contributed by atoms with van der Waals surface area (Å²) in [6.45, 7) is 2.72. The molecule has 0 saturated carbocycles.